The lowest BCUT2D eigenvalue weighted by molar-refractivity contribution is -0.332. The summed E-state index contributed by atoms with van der Waals surface area (Å²) in [6, 6.07) is 4.39. The van der Waals surface area contributed by atoms with E-state index in [-0.39, 0.29) is 6.07 Å². The van der Waals surface area contributed by atoms with Gasteiger partial charge < -0.3 is 0 Å². The minimum Gasteiger partial charge on any atom is -0.217 e. The van der Waals surface area contributed by atoms with Crippen molar-refractivity contribution in [3.8, 4) is 11.1 Å². The van der Waals surface area contributed by atoms with Crippen LogP contribution in [-0.4, -0.2) is 25.8 Å². The van der Waals surface area contributed by atoms with Crippen molar-refractivity contribution in [3.63, 3.8) is 0 Å². The minimum absolute atomic E-state index is 0.182. The van der Waals surface area contributed by atoms with Crippen LogP contribution in [-0.2, 0) is 9.84 Å². The molecule has 0 atom stereocenters. The van der Waals surface area contributed by atoms with Crippen LogP contribution in [0.1, 0.15) is 0 Å². The molecule has 0 saturated carbocycles. The number of hydrogen-bond acceptors (Lipinski definition) is 2. The van der Waals surface area contributed by atoms with E-state index >= 15 is 0 Å². The lowest BCUT2D eigenvalue weighted by Crippen LogP contribution is -2.56. The van der Waals surface area contributed by atoms with Gasteiger partial charge in [0.1, 0.15) is 11.6 Å². The standard InChI is InChI=1S/C15H4Br2F9O2S/c16-6-4-7(17)11(12-8(18)2-1-3-9(12)19)10(5-6)29(27,28)15(25,26)13(20,21)14(22,23)24/h1-3,5H. The minimum atomic E-state index is -7.01. The van der Waals surface area contributed by atoms with Gasteiger partial charge in [0.15, 0.2) is 0 Å². The van der Waals surface area contributed by atoms with E-state index in [2.05, 4.69) is 37.9 Å². The smallest absolute Gasteiger partial charge is 0.217 e. The first-order valence-electron chi connectivity index (χ1n) is 6.89. The van der Waals surface area contributed by atoms with Crippen LogP contribution in [0.25, 0.3) is 11.1 Å². The molecule has 0 unspecified atom stereocenters. The Kier molecular flexibility index (Phi) is 6.16. The number of benzene rings is 2. The molecule has 2 rings (SSSR count). The largest absolute Gasteiger partial charge is 0.461 e. The Bertz CT molecular complexity index is 1050. The van der Waals surface area contributed by atoms with Crippen molar-refractivity contribution in [1.82, 2.24) is 0 Å². The van der Waals surface area contributed by atoms with Gasteiger partial charge in [0.25, 0.3) is 9.84 Å². The monoisotopic (exact) mass is 577 g/mol. The number of rotatable bonds is 4. The fraction of sp³-hybridized carbons (Fsp3) is 0.200. The molecular weight excluding hydrogens is 575 g/mol. The SMILES string of the molecule is O=S(=O)(c1cc(Br)[c]c(Br)c1-c1c(F)cccc1F)C(F)(F)C(F)(F)C(F)(F)F. The third kappa shape index (κ3) is 3.78. The highest BCUT2D eigenvalue weighted by molar-refractivity contribution is 9.11. The van der Waals surface area contributed by atoms with Crippen LogP contribution in [0, 0.1) is 17.7 Å². The summed E-state index contributed by atoms with van der Waals surface area (Å²) in [4.78, 5) is -1.88. The van der Waals surface area contributed by atoms with Crippen molar-refractivity contribution in [2.24, 2.45) is 0 Å². The van der Waals surface area contributed by atoms with Gasteiger partial charge in [-0.2, -0.15) is 30.7 Å². The van der Waals surface area contributed by atoms with Crippen LogP contribution >= 0.6 is 31.9 Å². The molecule has 0 heterocycles. The Balaban J connectivity index is 2.96. The first kappa shape index (κ1) is 24.0. The lowest BCUT2D eigenvalue weighted by atomic mass is 10.0. The topological polar surface area (TPSA) is 34.1 Å². The first-order chi connectivity index (χ1) is 13.0. The van der Waals surface area contributed by atoms with Gasteiger partial charge in [-0.25, -0.2) is 17.2 Å². The fourth-order valence-corrected chi connectivity index (χ4v) is 5.23. The second-order valence-corrected chi connectivity index (χ2v) is 8.97. The van der Waals surface area contributed by atoms with Crippen LogP contribution in [0.5, 0.6) is 0 Å². The maximum atomic E-state index is 14.1. The van der Waals surface area contributed by atoms with Gasteiger partial charge in [0, 0.05) is 20.6 Å². The average molecular weight is 579 g/mol. The van der Waals surface area contributed by atoms with Crippen LogP contribution < -0.4 is 0 Å². The van der Waals surface area contributed by atoms with Crippen molar-refractivity contribution >= 4 is 41.7 Å². The molecule has 0 fully saturated rings. The van der Waals surface area contributed by atoms with Crippen molar-refractivity contribution in [2.75, 3.05) is 0 Å². The summed E-state index contributed by atoms with van der Waals surface area (Å²) in [7, 11) is -6.85. The highest BCUT2D eigenvalue weighted by Crippen LogP contribution is 2.52. The van der Waals surface area contributed by atoms with E-state index in [1.165, 1.54) is 0 Å². The second-order valence-electron chi connectivity index (χ2n) is 5.36. The first-order valence-corrected chi connectivity index (χ1v) is 9.96. The zero-order valence-corrected chi connectivity index (χ0v) is 17.2. The summed E-state index contributed by atoms with van der Waals surface area (Å²) in [5, 5.41) is -6.71. The van der Waals surface area contributed by atoms with Crippen molar-refractivity contribution in [2.45, 2.75) is 22.2 Å². The molecule has 1 radical (unpaired) electrons. The molecule has 0 amide bonds. The second kappa shape index (κ2) is 7.45. The molecule has 0 saturated heterocycles. The van der Waals surface area contributed by atoms with E-state index in [0.717, 1.165) is 6.07 Å². The molecule has 159 valence electrons. The molecular formula is C15H4Br2F9O2S. The van der Waals surface area contributed by atoms with Crippen molar-refractivity contribution in [3.05, 3.63) is 50.9 Å². The predicted molar refractivity (Wildman–Crippen MR) is 89.2 cm³/mol. The fourth-order valence-electron chi connectivity index (χ4n) is 2.15. The van der Waals surface area contributed by atoms with Crippen LogP contribution in [0.3, 0.4) is 0 Å². The summed E-state index contributed by atoms with van der Waals surface area (Å²) in [5.41, 5.74) is -2.51. The van der Waals surface area contributed by atoms with Crippen LogP contribution in [0.2, 0.25) is 0 Å². The predicted octanol–water partition coefficient (Wildman–Crippen LogP) is 6.52. The number of halogens is 11. The molecule has 0 aliphatic rings. The molecule has 2 nitrogen and oxygen atoms in total. The maximum Gasteiger partial charge on any atom is 0.461 e. The maximum absolute atomic E-state index is 14.1. The molecule has 2 aromatic carbocycles. The summed E-state index contributed by atoms with van der Waals surface area (Å²) in [6.07, 6.45) is -6.94. The Morgan fingerprint density at radius 3 is 1.79 bits per heavy atom. The van der Waals surface area contributed by atoms with Crippen molar-refractivity contribution in [1.29, 1.82) is 0 Å². The Labute approximate surface area is 173 Å². The third-order valence-corrected chi connectivity index (χ3v) is 6.37. The number of sulfone groups is 1. The zero-order valence-electron chi connectivity index (χ0n) is 13.2. The quantitative estimate of drug-likeness (QED) is 0.387. The van der Waals surface area contributed by atoms with Gasteiger partial charge in [0.2, 0.25) is 0 Å². The number of alkyl halides is 7. The van der Waals surface area contributed by atoms with Gasteiger partial charge in [-0.3, -0.25) is 0 Å². The van der Waals surface area contributed by atoms with Gasteiger partial charge >= 0.3 is 17.4 Å². The molecule has 0 N–H and O–H groups in total. The average Bonchev–Trinajstić information content (AvgIpc) is 2.54. The lowest BCUT2D eigenvalue weighted by Gasteiger charge is -2.28. The molecule has 2 aromatic rings. The molecule has 0 aliphatic carbocycles. The van der Waals surface area contributed by atoms with Gasteiger partial charge in [-0.1, -0.05) is 22.0 Å². The van der Waals surface area contributed by atoms with E-state index in [0.29, 0.717) is 12.1 Å². The third-order valence-electron chi connectivity index (χ3n) is 3.51. The highest BCUT2D eigenvalue weighted by atomic mass is 79.9. The van der Waals surface area contributed by atoms with Crippen LogP contribution in [0.4, 0.5) is 39.5 Å². The Morgan fingerprint density at radius 2 is 1.34 bits per heavy atom. The van der Waals surface area contributed by atoms with Gasteiger partial charge in [0.05, 0.1) is 10.5 Å². The molecule has 0 bridgehead atoms. The Morgan fingerprint density at radius 1 is 0.862 bits per heavy atom. The highest BCUT2D eigenvalue weighted by Gasteiger charge is 2.78. The van der Waals surface area contributed by atoms with Gasteiger partial charge in [-0.15, -0.1) is 0 Å². The van der Waals surface area contributed by atoms with E-state index in [1.807, 2.05) is 0 Å². The van der Waals surface area contributed by atoms with Crippen molar-refractivity contribution < 1.29 is 47.9 Å². The Hall–Kier alpha value is -1.28. The van der Waals surface area contributed by atoms with E-state index in [1.54, 1.807) is 0 Å². The molecule has 0 aromatic heterocycles. The van der Waals surface area contributed by atoms with Crippen LogP contribution in [0.15, 0.2) is 38.1 Å². The summed E-state index contributed by atoms with van der Waals surface area (Å²) < 4.78 is 144. The summed E-state index contributed by atoms with van der Waals surface area (Å²) in [6.45, 7) is 0. The number of hydrogen-bond donors (Lipinski definition) is 0. The summed E-state index contributed by atoms with van der Waals surface area (Å²) in [5.74, 6) is -10.0. The van der Waals surface area contributed by atoms with Gasteiger partial charge in [-0.05, 0) is 34.1 Å². The molecule has 0 spiro atoms. The summed E-state index contributed by atoms with van der Waals surface area (Å²) >= 11 is 5.23. The van der Waals surface area contributed by atoms with E-state index < -0.39 is 63.8 Å². The van der Waals surface area contributed by atoms with E-state index in [9.17, 15) is 47.9 Å². The molecule has 29 heavy (non-hydrogen) atoms. The molecule has 0 aliphatic heterocycles. The normalized spacial score (nSPS) is 13.6. The molecule has 14 heteroatoms. The zero-order chi connectivity index (χ0) is 22.6. The van der Waals surface area contributed by atoms with E-state index in [4.69, 9.17) is 0 Å².